The molecule has 190 valence electrons. The van der Waals surface area contributed by atoms with Gasteiger partial charge in [0, 0.05) is 44.3 Å². The van der Waals surface area contributed by atoms with Gasteiger partial charge in [0.15, 0.2) is 0 Å². The molecule has 0 spiro atoms. The summed E-state index contributed by atoms with van der Waals surface area (Å²) in [5.41, 5.74) is 0.691. The first kappa shape index (κ1) is 26.3. The maximum Gasteiger partial charge on any atom is 0.408 e. The van der Waals surface area contributed by atoms with E-state index in [1.807, 2.05) is 6.07 Å². The first-order valence-corrected chi connectivity index (χ1v) is 11.6. The quantitative estimate of drug-likeness (QED) is 0.637. The molecule has 1 aliphatic rings. The van der Waals surface area contributed by atoms with E-state index >= 15 is 0 Å². The summed E-state index contributed by atoms with van der Waals surface area (Å²) >= 11 is 0. The molecule has 0 aliphatic heterocycles. The van der Waals surface area contributed by atoms with E-state index in [0.717, 1.165) is 11.3 Å². The Bertz CT molecular complexity index is 1120. The number of pyridine rings is 2. The lowest BCUT2D eigenvalue weighted by molar-refractivity contribution is -0.121. The molecular formula is C25H32F2N4O4. The Hall–Kier alpha value is -3.30. The van der Waals surface area contributed by atoms with Crippen molar-refractivity contribution in [2.45, 2.75) is 70.4 Å². The number of hydrogen-bond donors (Lipinski definition) is 2. The first-order valence-electron chi connectivity index (χ1n) is 11.6. The van der Waals surface area contributed by atoms with Crippen molar-refractivity contribution in [3.8, 4) is 0 Å². The van der Waals surface area contributed by atoms with E-state index in [-0.39, 0.29) is 37.1 Å². The fourth-order valence-electron chi connectivity index (χ4n) is 4.08. The van der Waals surface area contributed by atoms with Crippen molar-refractivity contribution in [3.63, 3.8) is 0 Å². The first-order chi connectivity index (χ1) is 16.3. The number of nitrogens with one attached hydrogen (secondary N) is 2. The molecule has 8 nitrogen and oxygen atoms in total. The fourth-order valence-corrected chi connectivity index (χ4v) is 4.08. The molecule has 2 aromatic heterocycles. The van der Waals surface area contributed by atoms with Crippen LogP contribution in [0.2, 0.25) is 0 Å². The number of rotatable bonds is 6. The maximum atomic E-state index is 13.7. The predicted molar refractivity (Wildman–Crippen MR) is 127 cm³/mol. The fraction of sp³-hybridized carbons (Fsp3) is 0.520. The second-order valence-electron chi connectivity index (χ2n) is 9.95. The molecule has 0 aromatic carbocycles. The van der Waals surface area contributed by atoms with Crippen molar-refractivity contribution in [1.82, 2.24) is 14.9 Å². The van der Waals surface area contributed by atoms with Crippen LogP contribution in [0.25, 0.3) is 0 Å². The summed E-state index contributed by atoms with van der Waals surface area (Å²) in [6, 6.07) is 7.38. The van der Waals surface area contributed by atoms with Crippen LogP contribution in [0.4, 0.5) is 19.4 Å². The molecule has 1 atom stereocenters. The summed E-state index contributed by atoms with van der Waals surface area (Å²) in [5.74, 6) is -3.53. The number of carbonyl (C=O) groups excluding carboxylic acids is 2. The summed E-state index contributed by atoms with van der Waals surface area (Å²) in [4.78, 5) is 41.7. The SMILES string of the molecule is Cn1c(Cc2ccnc(NC(=O)C(NC(=O)OC(C)(C)C)C3CCC(F)(F)CC3)c2)cccc1=O. The minimum absolute atomic E-state index is 0.0936. The van der Waals surface area contributed by atoms with E-state index in [4.69, 9.17) is 4.74 Å². The Morgan fingerprint density at radius 2 is 1.91 bits per heavy atom. The van der Waals surface area contributed by atoms with Crippen LogP contribution in [0.3, 0.4) is 0 Å². The summed E-state index contributed by atoms with van der Waals surface area (Å²) in [5, 5.41) is 5.28. The van der Waals surface area contributed by atoms with Gasteiger partial charge in [0.2, 0.25) is 17.4 Å². The number of alkyl carbamates (subject to hydrolysis) is 1. The zero-order valence-corrected chi connectivity index (χ0v) is 20.4. The van der Waals surface area contributed by atoms with Gasteiger partial charge in [-0.1, -0.05) is 6.07 Å². The van der Waals surface area contributed by atoms with Crippen LogP contribution in [0.15, 0.2) is 41.3 Å². The number of hydrogen-bond acceptors (Lipinski definition) is 5. The highest BCUT2D eigenvalue weighted by Gasteiger charge is 2.40. The predicted octanol–water partition coefficient (Wildman–Crippen LogP) is 4.03. The highest BCUT2D eigenvalue weighted by molar-refractivity contribution is 5.96. The molecule has 10 heteroatoms. The van der Waals surface area contributed by atoms with Crippen molar-refractivity contribution in [2.24, 2.45) is 13.0 Å². The van der Waals surface area contributed by atoms with Gasteiger partial charge in [-0.15, -0.1) is 0 Å². The monoisotopic (exact) mass is 490 g/mol. The third-order valence-electron chi connectivity index (χ3n) is 5.94. The normalized spacial score (nSPS) is 16.9. The minimum Gasteiger partial charge on any atom is -0.444 e. The molecule has 2 N–H and O–H groups in total. The topological polar surface area (TPSA) is 102 Å². The molecule has 1 unspecified atom stereocenters. The lowest BCUT2D eigenvalue weighted by atomic mass is 9.81. The van der Waals surface area contributed by atoms with Crippen molar-refractivity contribution < 1.29 is 23.1 Å². The zero-order valence-electron chi connectivity index (χ0n) is 20.4. The van der Waals surface area contributed by atoms with Crippen LogP contribution in [-0.2, 0) is 23.0 Å². The van der Waals surface area contributed by atoms with Crippen LogP contribution in [-0.4, -0.2) is 39.1 Å². The lowest BCUT2D eigenvalue weighted by Crippen LogP contribution is -2.51. The van der Waals surface area contributed by atoms with E-state index in [2.05, 4.69) is 15.6 Å². The van der Waals surface area contributed by atoms with Gasteiger partial charge >= 0.3 is 6.09 Å². The minimum atomic E-state index is -2.77. The molecule has 0 saturated heterocycles. The lowest BCUT2D eigenvalue weighted by Gasteiger charge is -2.33. The summed E-state index contributed by atoms with van der Waals surface area (Å²) < 4.78 is 34.2. The number of nitrogens with zero attached hydrogens (tertiary/aromatic N) is 2. The number of aromatic nitrogens is 2. The van der Waals surface area contributed by atoms with Gasteiger partial charge in [0.25, 0.3) is 0 Å². The Labute approximate surface area is 203 Å². The van der Waals surface area contributed by atoms with Gasteiger partial charge in [0.05, 0.1) is 0 Å². The van der Waals surface area contributed by atoms with Gasteiger partial charge in [-0.2, -0.15) is 0 Å². The van der Waals surface area contributed by atoms with Gasteiger partial charge in [0.1, 0.15) is 17.5 Å². The second kappa shape index (κ2) is 10.5. The molecule has 2 aromatic rings. The van der Waals surface area contributed by atoms with Gasteiger partial charge in [-0.25, -0.2) is 18.6 Å². The summed E-state index contributed by atoms with van der Waals surface area (Å²) in [7, 11) is 1.68. The molecule has 2 heterocycles. The van der Waals surface area contributed by atoms with E-state index in [9.17, 15) is 23.2 Å². The molecule has 0 radical (unpaired) electrons. The number of amides is 2. The number of ether oxygens (including phenoxy) is 1. The Balaban J connectivity index is 1.76. The van der Waals surface area contributed by atoms with Crippen LogP contribution in [0.5, 0.6) is 0 Å². The second-order valence-corrected chi connectivity index (χ2v) is 9.95. The highest BCUT2D eigenvalue weighted by atomic mass is 19.3. The van der Waals surface area contributed by atoms with Crippen LogP contribution >= 0.6 is 0 Å². The van der Waals surface area contributed by atoms with E-state index in [0.29, 0.717) is 6.42 Å². The molecule has 2 amide bonds. The molecule has 1 aliphatic carbocycles. The maximum absolute atomic E-state index is 13.7. The average Bonchev–Trinajstić information content (AvgIpc) is 2.74. The number of carbonyl (C=O) groups is 2. The Morgan fingerprint density at radius 1 is 1.23 bits per heavy atom. The molecule has 3 rings (SSSR count). The zero-order chi connectivity index (χ0) is 25.8. The third kappa shape index (κ3) is 7.60. The van der Waals surface area contributed by atoms with E-state index < -0.39 is 35.5 Å². The number of halogens is 2. The molecular weight excluding hydrogens is 458 g/mol. The summed E-state index contributed by atoms with van der Waals surface area (Å²) in [6.07, 6.45) is 0.676. The Morgan fingerprint density at radius 3 is 2.57 bits per heavy atom. The molecule has 1 fully saturated rings. The van der Waals surface area contributed by atoms with Gasteiger partial charge < -0.3 is 19.9 Å². The number of alkyl halides is 2. The van der Waals surface area contributed by atoms with Crippen LogP contribution in [0.1, 0.15) is 57.7 Å². The largest absolute Gasteiger partial charge is 0.444 e. The van der Waals surface area contributed by atoms with Crippen LogP contribution < -0.4 is 16.2 Å². The van der Waals surface area contributed by atoms with Gasteiger partial charge in [-0.3, -0.25) is 9.59 Å². The Kier molecular flexibility index (Phi) is 7.92. The van der Waals surface area contributed by atoms with E-state index in [1.54, 1.807) is 50.6 Å². The third-order valence-corrected chi connectivity index (χ3v) is 5.94. The van der Waals surface area contributed by atoms with Crippen LogP contribution in [0, 0.1) is 5.92 Å². The van der Waals surface area contributed by atoms with Crippen molar-refractivity contribution in [1.29, 1.82) is 0 Å². The molecule has 0 bridgehead atoms. The highest BCUT2D eigenvalue weighted by Crippen LogP contribution is 2.37. The smallest absolute Gasteiger partial charge is 0.408 e. The molecule has 1 saturated carbocycles. The standard InChI is InChI=1S/C25H32F2N4O4/c1-24(2,3)35-23(34)30-21(17-8-11-25(26,27)12-9-17)22(33)29-19-15-16(10-13-28-19)14-18-6-5-7-20(32)31(18)4/h5-7,10,13,15,17,21H,8-9,11-12,14H2,1-4H3,(H,30,34)(H,28,29,33). The van der Waals surface area contributed by atoms with Crippen molar-refractivity contribution >= 4 is 17.8 Å². The van der Waals surface area contributed by atoms with E-state index in [1.165, 1.54) is 12.3 Å². The summed E-state index contributed by atoms with van der Waals surface area (Å²) in [6.45, 7) is 5.09. The average molecular weight is 491 g/mol. The molecule has 35 heavy (non-hydrogen) atoms. The van der Waals surface area contributed by atoms with Crippen molar-refractivity contribution in [2.75, 3.05) is 5.32 Å². The van der Waals surface area contributed by atoms with Crippen molar-refractivity contribution in [3.05, 3.63) is 58.1 Å². The van der Waals surface area contributed by atoms with Gasteiger partial charge in [-0.05, 0) is 63.3 Å². The number of anilines is 1.